The van der Waals surface area contributed by atoms with E-state index in [0.29, 0.717) is 11.8 Å². The van der Waals surface area contributed by atoms with Gasteiger partial charge >= 0.3 is 0 Å². The van der Waals surface area contributed by atoms with Crippen molar-refractivity contribution in [3.63, 3.8) is 0 Å². The Hall–Kier alpha value is -3.20. The fourth-order valence-corrected chi connectivity index (χ4v) is 4.24. The summed E-state index contributed by atoms with van der Waals surface area (Å²) in [6.45, 7) is 13.3. The van der Waals surface area contributed by atoms with E-state index in [4.69, 9.17) is 10.2 Å². The third-order valence-corrected chi connectivity index (χ3v) is 5.89. The lowest BCUT2D eigenvalue weighted by molar-refractivity contribution is 0.807. The van der Waals surface area contributed by atoms with E-state index in [-0.39, 0.29) is 0 Å². The van der Waals surface area contributed by atoms with E-state index in [2.05, 4.69) is 113 Å². The number of para-hydroxylation sites is 1. The highest BCUT2D eigenvalue weighted by Crippen LogP contribution is 2.37. The first-order chi connectivity index (χ1) is 14.9. The third kappa shape index (κ3) is 3.93. The predicted octanol–water partition coefficient (Wildman–Crippen LogP) is 7.46. The first kappa shape index (κ1) is 21.0. The van der Waals surface area contributed by atoms with Gasteiger partial charge in [-0.2, -0.15) is 0 Å². The Morgan fingerprint density at radius 1 is 0.677 bits per heavy atom. The molecule has 1 heterocycles. The molecule has 0 aliphatic carbocycles. The number of rotatable bonds is 5. The number of hydrogen-bond acceptors (Lipinski definition) is 2. The topological polar surface area (TPSA) is 30.7 Å². The summed E-state index contributed by atoms with van der Waals surface area (Å²) >= 11 is 0. The summed E-state index contributed by atoms with van der Waals surface area (Å²) in [7, 11) is 0. The van der Waals surface area contributed by atoms with Crippen LogP contribution in [0.1, 0.15) is 61.8 Å². The van der Waals surface area contributed by atoms with Crippen LogP contribution >= 0.6 is 0 Å². The quantitative estimate of drug-likeness (QED) is 0.342. The molecule has 0 N–H and O–H groups in total. The largest absolute Gasteiger partial charge is 0.274 e. The number of hydrogen-bond donors (Lipinski definition) is 0. The molecule has 158 valence electrons. The first-order valence-corrected chi connectivity index (χ1v) is 11.1. The second-order valence-electron chi connectivity index (χ2n) is 8.96. The molecule has 0 fully saturated rings. The normalized spacial score (nSPS) is 11.5. The maximum absolute atomic E-state index is 4.74. The van der Waals surface area contributed by atoms with Crippen molar-refractivity contribution in [2.75, 3.05) is 0 Å². The number of benzene rings is 3. The Kier molecular flexibility index (Phi) is 5.77. The molecule has 4 aromatic rings. The minimum atomic E-state index is 0.381. The maximum Gasteiger partial charge on any atom is 0.169 e. The van der Waals surface area contributed by atoms with Gasteiger partial charge in [-0.1, -0.05) is 93.9 Å². The number of aromatic nitrogens is 3. The van der Waals surface area contributed by atoms with Gasteiger partial charge in [-0.05, 0) is 48.4 Å². The second kappa shape index (κ2) is 8.50. The van der Waals surface area contributed by atoms with E-state index in [0.717, 1.165) is 22.8 Å². The minimum absolute atomic E-state index is 0.381. The van der Waals surface area contributed by atoms with Crippen molar-refractivity contribution in [1.82, 2.24) is 14.8 Å². The van der Waals surface area contributed by atoms with Crippen LogP contribution < -0.4 is 0 Å². The summed E-state index contributed by atoms with van der Waals surface area (Å²) in [6.07, 6.45) is 0. The van der Waals surface area contributed by atoms with Crippen LogP contribution in [0.2, 0.25) is 0 Å². The van der Waals surface area contributed by atoms with Gasteiger partial charge in [-0.25, -0.2) is 0 Å². The maximum atomic E-state index is 4.74. The van der Waals surface area contributed by atoms with E-state index in [9.17, 15) is 0 Å². The molecule has 0 saturated heterocycles. The minimum Gasteiger partial charge on any atom is -0.274 e. The van der Waals surface area contributed by atoms with E-state index >= 15 is 0 Å². The average molecular weight is 410 g/mol. The van der Waals surface area contributed by atoms with Crippen LogP contribution in [0.3, 0.4) is 0 Å². The number of aryl methyl sites for hydroxylation is 2. The van der Waals surface area contributed by atoms with Gasteiger partial charge in [0.25, 0.3) is 0 Å². The van der Waals surface area contributed by atoms with E-state index in [1.54, 1.807) is 0 Å². The fraction of sp³-hybridized carbons (Fsp3) is 0.286. The van der Waals surface area contributed by atoms with Gasteiger partial charge in [0.2, 0.25) is 0 Å². The monoisotopic (exact) mass is 409 g/mol. The molecular formula is C28H31N3. The van der Waals surface area contributed by atoms with Gasteiger partial charge in [0.05, 0.1) is 5.69 Å². The highest BCUT2D eigenvalue weighted by molar-refractivity contribution is 5.71. The van der Waals surface area contributed by atoms with Gasteiger partial charge in [0.1, 0.15) is 0 Å². The summed E-state index contributed by atoms with van der Waals surface area (Å²) in [5, 5.41) is 9.48. The molecule has 3 nitrogen and oxygen atoms in total. The van der Waals surface area contributed by atoms with Crippen molar-refractivity contribution in [3.05, 3.63) is 89.0 Å². The Morgan fingerprint density at radius 3 is 1.90 bits per heavy atom. The van der Waals surface area contributed by atoms with E-state index in [1.807, 2.05) is 0 Å². The van der Waals surface area contributed by atoms with Gasteiger partial charge in [0, 0.05) is 11.1 Å². The molecule has 3 heteroatoms. The fourth-order valence-electron chi connectivity index (χ4n) is 4.24. The molecule has 0 unspecified atom stereocenters. The van der Waals surface area contributed by atoms with Crippen molar-refractivity contribution in [2.45, 2.75) is 53.4 Å². The molecule has 0 saturated carbocycles. The van der Waals surface area contributed by atoms with Crippen molar-refractivity contribution >= 4 is 0 Å². The smallest absolute Gasteiger partial charge is 0.169 e. The molecule has 0 radical (unpaired) electrons. The molecule has 0 aliphatic rings. The average Bonchev–Trinajstić information content (AvgIpc) is 3.18. The van der Waals surface area contributed by atoms with E-state index in [1.165, 1.54) is 27.9 Å². The lowest BCUT2D eigenvalue weighted by atomic mass is 9.92. The zero-order valence-corrected chi connectivity index (χ0v) is 19.3. The van der Waals surface area contributed by atoms with Gasteiger partial charge in [0.15, 0.2) is 11.6 Å². The van der Waals surface area contributed by atoms with Crippen LogP contribution in [0.25, 0.3) is 28.5 Å². The van der Waals surface area contributed by atoms with Crippen molar-refractivity contribution < 1.29 is 0 Å². The molecule has 0 atom stereocenters. The zero-order valence-electron chi connectivity index (χ0n) is 19.3. The Labute approximate surface area is 185 Å². The summed E-state index contributed by atoms with van der Waals surface area (Å²) < 4.78 is 2.29. The molecule has 1 aromatic heterocycles. The first-order valence-electron chi connectivity index (χ1n) is 11.1. The highest BCUT2D eigenvalue weighted by Gasteiger charge is 2.24. The van der Waals surface area contributed by atoms with Crippen LogP contribution in [-0.2, 0) is 0 Å². The lowest BCUT2D eigenvalue weighted by Gasteiger charge is -2.23. The molecule has 0 bridgehead atoms. The predicted molar refractivity (Wildman–Crippen MR) is 130 cm³/mol. The zero-order chi connectivity index (χ0) is 22.1. The molecule has 3 aromatic carbocycles. The molecule has 0 amide bonds. The van der Waals surface area contributed by atoms with Crippen LogP contribution in [0.5, 0.6) is 0 Å². The summed E-state index contributed by atoms with van der Waals surface area (Å²) in [5.41, 5.74) is 8.45. The van der Waals surface area contributed by atoms with Crippen molar-refractivity contribution in [1.29, 1.82) is 0 Å². The molecule has 0 aliphatic heterocycles. The van der Waals surface area contributed by atoms with Crippen LogP contribution in [-0.4, -0.2) is 14.8 Å². The van der Waals surface area contributed by atoms with Gasteiger partial charge < -0.3 is 0 Å². The highest BCUT2D eigenvalue weighted by atomic mass is 15.3. The molecular weight excluding hydrogens is 378 g/mol. The van der Waals surface area contributed by atoms with Crippen LogP contribution in [0, 0.1) is 13.8 Å². The molecule has 31 heavy (non-hydrogen) atoms. The van der Waals surface area contributed by atoms with E-state index < -0.39 is 0 Å². The molecule has 0 spiro atoms. The summed E-state index contributed by atoms with van der Waals surface area (Å²) in [5.74, 6) is 2.54. The molecule has 4 rings (SSSR count). The van der Waals surface area contributed by atoms with Crippen molar-refractivity contribution in [3.8, 4) is 28.5 Å². The Balaban J connectivity index is 2.13. The Morgan fingerprint density at radius 2 is 1.29 bits per heavy atom. The standard InChI is InChI=1S/C28H31N3/c1-18(2)23-15-10-16-24(19(3)4)26(23)31-27(22-13-9-11-20(5)17-22)29-30-28(31)25-14-8-7-12-21(25)6/h7-19H,1-6H3. The Bertz CT molecular complexity index is 1190. The SMILES string of the molecule is Cc1cccc(-c2nnc(-c3ccccc3C)n2-c2c(C(C)C)cccc2C(C)C)c1. The summed E-state index contributed by atoms with van der Waals surface area (Å²) in [6, 6.07) is 23.6. The summed E-state index contributed by atoms with van der Waals surface area (Å²) in [4.78, 5) is 0. The van der Waals surface area contributed by atoms with Gasteiger partial charge in [-0.3, -0.25) is 4.57 Å². The van der Waals surface area contributed by atoms with Crippen molar-refractivity contribution in [2.24, 2.45) is 0 Å². The van der Waals surface area contributed by atoms with Crippen LogP contribution in [0.15, 0.2) is 66.7 Å². The third-order valence-electron chi connectivity index (χ3n) is 5.89. The number of nitrogens with zero attached hydrogens (tertiary/aromatic N) is 3. The van der Waals surface area contributed by atoms with Gasteiger partial charge in [-0.15, -0.1) is 10.2 Å². The lowest BCUT2D eigenvalue weighted by Crippen LogP contribution is -2.10. The van der Waals surface area contributed by atoms with Crippen LogP contribution in [0.4, 0.5) is 0 Å². The second-order valence-corrected chi connectivity index (χ2v) is 8.96.